The molecule has 0 aromatic rings. The Morgan fingerprint density at radius 3 is 2.33 bits per heavy atom. The molecule has 0 aromatic carbocycles. The molecule has 0 aromatic heterocycles. The monoisotopic (exact) mass is 340 g/mol. The number of hydrogen-bond acceptors (Lipinski definition) is 4. The van der Waals surface area contributed by atoms with Gasteiger partial charge in [-0.2, -0.15) is 0 Å². The van der Waals surface area contributed by atoms with Crippen molar-refractivity contribution in [1.29, 1.82) is 0 Å². The molecule has 0 spiro atoms. The minimum absolute atomic E-state index is 0.00153. The molecule has 0 aliphatic heterocycles. The van der Waals surface area contributed by atoms with E-state index in [-0.39, 0.29) is 41.6 Å². The quantitative estimate of drug-likeness (QED) is 0.551. The maximum absolute atomic E-state index is 12.5. The number of carbonyl (C=O) groups excluding carboxylic acids is 2. The lowest BCUT2D eigenvalue weighted by molar-refractivity contribution is -0.137. The van der Waals surface area contributed by atoms with E-state index < -0.39 is 11.6 Å². The van der Waals surface area contributed by atoms with E-state index in [0.717, 1.165) is 0 Å². The van der Waals surface area contributed by atoms with Crippen molar-refractivity contribution in [2.24, 2.45) is 23.7 Å². The van der Waals surface area contributed by atoms with Crippen LogP contribution in [0, 0.1) is 23.7 Å². The van der Waals surface area contributed by atoms with Crippen LogP contribution in [0.15, 0.2) is 0 Å². The standard InChI is InChI=1S/C18H32N2O4/c1-5-19-15(23)9-12-8-14(22)16(12)18(3,4)20-17(24)10(2)11-6-13(21)7-11/h10-14,16,21-22H,5-9H2,1-4H3,(H,19,23)(H,20,24). The Labute approximate surface area is 144 Å². The number of hydrogen-bond donors (Lipinski definition) is 4. The molecule has 0 bridgehead atoms. The first-order chi connectivity index (χ1) is 11.2. The molecular weight excluding hydrogens is 308 g/mol. The lowest BCUT2D eigenvalue weighted by atomic mass is 9.61. The highest BCUT2D eigenvalue weighted by Crippen LogP contribution is 2.44. The molecule has 2 rings (SSSR count). The fourth-order valence-corrected chi connectivity index (χ4v) is 4.28. The molecule has 2 aliphatic rings. The number of carbonyl (C=O) groups is 2. The van der Waals surface area contributed by atoms with Gasteiger partial charge in [-0.1, -0.05) is 6.92 Å². The molecule has 4 atom stereocenters. The molecule has 2 saturated carbocycles. The van der Waals surface area contributed by atoms with E-state index in [9.17, 15) is 19.8 Å². The Morgan fingerprint density at radius 1 is 1.21 bits per heavy atom. The van der Waals surface area contributed by atoms with Gasteiger partial charge >= 0.3 is 0 Å². The van der Waals surface area contributed by atoms with Gasteiger partial charge in [0.25, 0.3) is 0 Å². The molecule has 4 unspecified atom stereocenters. The first-order valence-corrected chi connectivity index (χ1v) is 9.10. The van der Waals surface area contributed by atoms with Gasteiger partial charge in [-0.25, -0.2) is 0 Å². The van der Waals surface area contributed by atoms with Gasteiger partial charge in [0.2, 0.25) is 11.8 Å². The van der Waals surface area contributed by atoms with Crippen LogP contribution in [0.4, 0.5) is 0 Å². The Balaban J connectivity index is 1.92. The van der Waals surface area contributed by atoms with E-state index in [1.807, 2.05) is 27.7 Å². The SMILES string of the molecule is CCNC(=O)CC1CC(O)C1C(C)(C)NC(=O)C(C)C1CC(O)C1. The third-order valence-corrected chi connectivity index (χ3v) is 5.84. The zero-order chi connectivity index (χ0) is 18.1. The van der Waals surface area contributed by atoms with E-state index in [1.165, 1.54) is 0 Å². The molecule has 0 radical (unpaired) electrons. The second kappa shape index (κ2) is 7.40. The molecule has 2 amide bonds. The lowest BCUT2D eigenvalue weighted by Crippen LogP contribution is -2.62. The van der Waals surface area contributed by atoms with E-state index in [4.69, 9.17) is 0 Å². The maximum Gasteiger partial charge on any atom is 0.223 e. The summed E-state index contributed by atoms with van der Waals surface area (Å²) in [6.07, 6.45) is 1.60. The Hall–Kier alpha value is -1.14. The third kappa shape index (κ3) is 4.09. The van der Waals surface area contributed by atoms with Crippen molar-refractivity contribution in [2.45, 2.75) is 71.1 Å². The Kier molecular flexibility index (Phi) is 5.91. The second-order valence-corrected chi connectivity index (χ2v) is 8.13. The molecule has 6 nitrogen and oxygen atoms in total. The van der Waals surface area contributed by atoms with Crippen LogP contribution >= 0.6 is 0 Å². The number of rotatable bonds is 7. The maximum atomic E-state index is 12.5. The average molecular weight is 340 g/mol. The summed E-state index contributed by atoms with van der Waals surface area (Å²) in [7, 11) is 0. The van der Waals surface area contributed by atoms with Crippen LogP contribution in [0.1, 0.15) is 53.4 Å². The molecule has 138 valence electrons. The van der Waals surface area contributed by atoms with Crippen molar-refractivity contribution in [3.63, 3.8) is 0 Å². The van der Waals surface area contributed by atoms with Crippen molar-refractivity contribution in [3.8, 4) is 0 Å². The Morgan fingerprint density at radius 2 is 1.83 bits per heavy atom. The zero-order valence-electron chi connectivity index (χ0n) is 15.2. The normalized spacial score (nSPS) is 33.8. The first-order valence-electron chi connectivity index (χ1n) is 9.10. The van der Waals surface area contributed by atoms with Gasteiger partial charge < -0.3 is 20.8 Å². The molecule has 0 heterocycles. The summed E-state index contributed by atoms with van der Waals surface area (Å²) in [5, 5.41) is 25.5. The smallest absolute Gasteiger partial charge is 0.223 e. The average Bonchev–Trinajstić information content (AvgIpc) is 2.41. The molecule has 0 saturated heterocycles. The minimum Gasteiger partial charge on any atom is -0.393 e. The van der Waals surface area contributed by atoms with Crippen molar-refractivity contribution in [1.82, 2.24) is 10.6 Å². The van der Waals surface area contributed by atoms with E-state index in [2.05, 4.69) is 10.6 Å². The van der Waals surface area contributed by atoms with Gasteiger partial charge in [0.15, 0.2) is 0 Å². The van der Waals surface area contributed by atoms with Crippen LogP contribution in [0.3, 0.4) is 0 Å². The van der Waals surface area contributed by atoms with Gasteiger partial charge in [-0.3, -0.25) is 9.59 Å². The highest BCUT2D eigenvalue weighted by Gasteiger charge is 2.50. The van der Waals surface area contributed by atoms with Gasteiger partial charge in [0.05, 0.1) is 12.2 Å². The molecular formula is C18H32N2O4. The minimum atomic E-state index is -0.567. The van der Waals surface area contributed by atoms with Crippen LogP contribution in [-0.4, -0.2) is 46.3 Å². The first kappa shape index (κ1) is 19.2. The van der Waals surface area contributed by atoms with E-state index >= 15 is 0 Å². The summed E-state index contributed by atoms with van der Waals surface area (Å²) >= 11 is 0. The largest absolute Gasteiger partial charge is 0.393 e. The molecule has 2 aliphatic carbocycles. The second-order valence-electron chi connectivity index (χ2n) is 8.13. The molecule has 2 fully saturated rings. The summed E-state index contributed by atoms with van der Waals surface area (Å²) in [5.41, 5.74) is -0.567. The van der Waals surface area contributed by atoms with Gasteiger partial charge in [-0.05, 0) is 51.9 Å². The van der Waals surface area contributed by atoms with Crippen molar-refractivity contribution >= 4 is 11.8 Å². The van der Waals surface area contributed by atoms with Crippen molar-refractivity contribution in [3.05, 3.63) is 0 Å². The van der Waals surface area contributed by atoms with Crippen LogP contribution in [0.5, 0.6) is 0 Å². The lowest BCUT2D eigenvalue weighted by Gasteiger charge is -2.51. The molecule has 4 N–H and O–H groups in total. The molecule has 6 heteroatoms. The number of aliphatic hydroxyl groups excluding tert-OH is 2. The number of amides is 2. The third-order valence-electron chi connectivity index (χ3n) is 5.84. The van der Waals surface area contributed by atoms with Crippen LogP contribution in [0.2, 0.25) is 0 Å². The van der Waals surface area contributed by atoms with E-state index in [0.29, 0.717) is 32.2 Å². The van der Waals surface area contributed by atoms with Gasteiger partial charge in [0.1, 0.15) is 0 Å². The van der Waals surface area contributed by atoms with Crippen molar-refractivity contribution < 1.29 is 19.8 Å². The van der Waals surface area contributed by atoms with Gasteiger partial charge in [0, 0.05) is 30.3 Å². The number of nitrogens with one attached hydrogen (secondary N) is 2. The zero-order valence-corrected chi connectivity index (χ0v) is 15.2. The summed E-state index contributed by atoms with van der Waals surface area (Å²) in [5.74, 6) is 0.0111. The van der Waals surface area contributed by atoms with Crippen LogP contribution in [0.25, 0.3) is 0 Å². The summed E-state index contributed by atoms with van der Waals surface area (Å²) in [6, 6.07) is 0. The van der Waals surface area contributed by atoms with E-state index in [1.54, 1.807) is 0 Å². The van der Waals surface area contributed by atoms with Gasteiger partial charge in [-0.15, -0.1) is 0 Å². The van der Waals surface area contributed by atoms with Crippen LogP contribution in [-0.2, 0) is 9.59 Å². The highest BCUT2D eigenvalue weighted by molar-refractivity contribution is 5.79. The number of aliphatic hydroxyl groups is 2. The Bertz CT molecular complexity index is 474. The predicted octanol–water partition coefficient (Wildman–Crippen LogP) is 0.811. The fourth-order valence-electron chi connectivity index (χ4n) is 4.28. The summed E-state index contributed by atoms with van der Waals surface area (Å²) in [6.45, 7) is 8.22. The van der Waals surface area contributed by atoms with Crippen LogP contribution < -0.4 is 10.6 Å². The predicted molar refractivity (Wildman–Crippen MR) is 91.0 cm³/mol. The highest BCUT2D eigenvalue weighted by atomic mass is 16.3. The van der Waals surface area contributed by atoms with Crippen molar-refractivity contribution in [2.75, 3.05) is 6.54 Å². The topological polar surface area (TPSA) is 98.7 Å². The molecule has 24 heavy (non-hydrogen) atoms. The fraction of sp³-hybridized carbons (Fsp3) is 0.889. The summed E-state index contributed by atoms with van der Waals surface area (Å²) < 4.78 is 0. The summed E-state index contributed by atoms with van der Waals surface area (Å²) in [4.78, 5) is 24.3.